The van der Waals surface area contributed by atoms with Crippen LogP contribution in [-0.4, -0.2) is 20.5 Å². The van der Waals surface area contributed by atoms with E-state index in [9.17, 15) is 0 Å². The Hall–Kier alpha value is -1.26. The number of halogens is 1. The van der Waals surface area contributed by atoms with Gasteiger partial charge in [0.1, 0.15) is 0 Å². The van der Waals surface area contributed by atoms with Crippen LogP contribution in [-0.2, 0) is 6.54 Å². The van der Waals surface area contributed by atoms with Gasteiger partial charge in [-0.05, 0) is 30.2 Å². The molecule has 0 aliphatic carbocycles. The molecule has 0 N–H and O–H groups in total. The third kappa shape index (κ3) is 3.64. The van der Waals surface area contributed by atoms with Crippen molar-refractivity contribution in [3.63, 3.8) is 0 Å². The molecule has 5 heteroatoms. The van der Waals surface area contributed by atoms with E-state index < -0.39 is 0 Å². The van der Waals surface area contributed by atoms with Crippen molar-refractivity contribution in [2.24, 2.45) is 5.92 Å². The molecule has 2 rings (SSSR count). The molecule has 20 heavy (non-hydrogen) atoms. The Morgan fingerprint density at radius 3 is 2.60 bits per heavy atom. The third-order valence-corrected chi connectivity index (χ3v) is 3.91. The summed E-state index contributed by atoms with van der Waals surface area (Å²) in [5, 5.41) is 10.3. The maximum absolute atomic E-state index is 5.94. The van der Waals surface area contributed by atoms with Crippen molar-refractivity contribution in [3.8, 4) is 11.4 Å². The van der Waals surface area contributed by atoms with E-state index in [1.165, 1.54) is 0 Å². The molecule has 0 saturated heterocycles. The first-order valence-corrected chi connectivity index (χ1v) is 7.91. The van der Waals surface area contributed by atoms with E-state index in [0.717, 1.165) is 33.9 Å². The van der Waals surface area contributed by atoms with Crippen molar-refractivity contribution < 1.29 is 0 Å². The zero-order valence-electron chi connectivity index (χ0n) is 11.7. The number of rotatable bonds is 6. The molecular weight excluding hydrogens is 290 g/mol. The van der Waals surface area contributed by atoms with Crippen molar-refractivity contribution in [2.45, 2.75) is 25.5 Å². The molecule has 0 aliphatic rings. The number of hydrogen-bond donors (Lipinski definition) is 0. The predicted molar refractivity (Wildman–Crippen MR) is 86.2 cm³/mol. The summed E-state index contributed by atoms with van der Waals surface area (Å²) in [6.07, 6.45) is 1.88. The molecule has 0 amide bonds. The summed E-state index contributed by atoms with van der Waals surface area (Å²) in [5.41, 5.74) is 1.04. The highest BCUT2D eigenvalue weighted by atomic mass is 35.5. The first-order chi connectivity index (χ1) is 9.61. The zero-order valence-corrected chi connectivity index (χ0v) is 13.3. The van der Waals surface area contributed by atoms with E-state index in [1.807, 2.05) is 30.3 Å². The van der Waals surface area contributed by atoms with Crippen molar-refractivity contribution in [1.82, 2.24) is 14.8 Å². The second-order valence-corrected chi connectivity index (χ2v) is 6.34. The molecule has 1 aromatic carbocycles. The number of benzene rings is 1. The Morgan fingerprint density at radius 1 is 1.30 bits per heavy atom. The zero-order chi connectivity index (χ0) is 14.5. The molecule has 1 aromatic heterocycles. The molecule has 0 atom stereocenters. The third-order valence-electron chi connectivity index (χ3n) is 2.70. The van der Waals surface area contributed by atoms with Crippen molar-refractivity contribution in [2.75, 3.05) is 5.75 Å². The molecule has 0 spiro atoms. The van der Waals surface area contributed by atoms with Gasteiger partial charge in [0.25, 0.3) is 0 Å². The molecule has 0 aliphatic heterocycles. The van der Waals surface area contributed by atoms with Crippen LogP contribution in [0.1, 0.15) is 13.8 Å². The average Bonchev–Trinajstić information content (AvgIpc) is 2.79. The topological polar surface area (TPSA) is 30.7 Å². The van der Waals surface area contributed by atoms with Crippen molar-refractivity contribution >= 4 is 23.4 Å². The summed E-state index contributed by atoms with van der Waals surface area (Å²) in [7, 11) is 0. The van der Waals surface area contributed by atoms with E-state index in [1.54, 1.807) is 11.8 Å². The largest absolute Gasteiger partial charge is 0.302 e. The van der Waals surface area contributed by atoms with Gasteiger partial charge in [-0.25, -0.2) is 0 Å². The van der Waals surface area contributed by atoms with Crippen LogP contribution in [0.25, 0.3) is 11.4 Å². The molecule has 106 valence electrons. The van der Waals surface area contributed by atoms with Gasteiger partial charge >= 0.3 is 0 Å². The lowest BCUT2D eigenvalue weighted by Crippen LogP contribution is -2.07. The van der Waals surface area contributed by atoms with Gasteiger partial charge in [0.15, 0.2) is 11.0 Å². The first-order valence-electron chi connectivity index (χ1n) is 6.54. The van der Waals surface area contributed by atoms with Gasteiger partial charge in [-0.1, -0.05) is 43.3 Å². The van der Waals surface area contributed by atoms with Crippen LogP contribution < -0.4 is 0 Å². The fourth-order valence-corrected chi connectivity index (χ4v) is 2.68. The second-order valence-electron chi connectivity index (χ2n) is 4.92. The Labute approximate surface area is 129 Å². The van der Waals surface area contributed by atoms with Crippen molar-refractivity contribution in [3.05, 3.63) is 41.9 Å². The molecule has 0 bridgehead atoms. The standard InChI is InChI=1S/C15H18ClN3S/c1-4-9-20-15-18-17-14(19(15)10-11(2)3)12-5-7-13(16)8-6-12/h4-8,11H,1,9-10H2,2-3H3. The predicted octanol–water partition coefficient (Wildman–Crippen LogP) is 4.53. The van der Waals surface area contributed by atoms with E-state index in [-0.39, 0.29) is 0 Å². The maximum atomic E-state index is 5.94. The highest BCUT2D eigenvalue weighted by Gasteiger charge is 2.14. The van der Waals surface area contributed by atoms with Gasteiger partial charge in [-0.3, -0.25) is 0 Å². The van der Waals surface area contributed by atoms with Crippen LogP contribution in [0, 0.1) is 5.92 Å². The van der Waals surface area contributed by atoms with Crippen LogP contribution in [0.2, 0.25) is 5.02 Å². The van der Waals surface area contributed by atoms with Gasteiger partial charge in [-0.2, -0.15) is 0 Å². The molecule has 0 fully saturated rings. The minimum absolute atomic E-state index is 0.528. The molecular formula is C15H18ClN3S. The summed E-state index contributed by atoms with van der Waals surface area (Å²) in [6, 6.07) is 7.71. The lowest BCUT2D eigenvalue weighted by atomic mass is 10.2. The fourth-order valence-electron chi connectivity index (χ4n) is 1.87. The highest BCUT2D eigenvalue weighted by molar-refractivity contribution is 7.99. The van der Waals surface area contributed by atoms with Crippen LogP contribution in [0.4, 0.5) is 0 Å². The van der Waals surface area contributed by atoms with Crippen LogP contribution >= 0.6 is 23.4 Å². The highest BCUT2D eigenvalue weighted by Crippen LogP contribution is 2.26. The second kappa shape index (κ2) is 6.95. The smallest absolute Gasteiger partial charge is 0.191 e. The SMILES string of the molecule is C=CCSc1nnc(-c2ccc(Cl)cc2)n1CC(C)C. The molecule has 1 heterocycles. The molecule has 0 radical (unpaired) electrons. The van der Waals surface area contributed by atoms with Gasteiger partial charge in [-0.15, -0.1) is 16.8 Å². The average molecular weight is 308 g/mol. The molecule has 0 unspecified atom stereocenters. The number of aromatic nitrogens is 3. The number of nitrogens with zero attached hydrogens (tertiary/aromatic N) is 3. The van der Waals surface area contributed by atoms with E-state index in [2.05, 4.69) is 35.2 Å². The fraction of sp³-hybridized carbons (Fsp3) is 0.333. The number of hydrogen-bond acceptors (Lipinski definition) is 3. The van der Waals surface area contributed by atoms with Gasteiger partial charge in [0, 0.05) is 22.9 Å². The van der Waals surface area contributed by atoms with E-state index in [4.69, 9.17) is 11.6 Å². The van der Waals surface area contributed by atoms with Gasteiger partial charge in [0.05, 0.1) is 0 Å². The Bertz CT molecular complexity index is 575. The Morgan fingerprint density at radius 2 is 2.00 bits per heavy atom. The summed E-state index contributed by atoms with van der Waals surface area (Å²) < 4.78 is 2.17. The van der Waals surface area contributed by atoms with Crippen LogP contribution in [0.5, 0.6) is 0 Å². The Balaban J connectivity index is 2.38. The lowest BCUT2D eigenvalue weighted by molar-refractivity contribution is 0.498. The van der Waals surface area contributed by atoms with E-state index >= 15 is 0 Å². The van der Waals surface area contributed by atoms with Crippen LogP contribution in [0.3, 0.4) is 0 Å². The van der Waals surface area contributed by atoms with Gasteiger partial charge < -0.3 is 4.57 Å². The number of thioether (sulfide) groups is 1. The van der Waals surface area contributed by atoms with Crippen LogP contribution in [0.15, 0.2) is 42.1 Å². The van der Waals surface area contributed by atoms with Gasteiger partial charge in [0.2, 0.25) is 0 Å². The minimum atomic E-state index is 0.528. The monoisotopic (exact) mass is 307 g/mol. The molecule has 2 aromatic rings. The normalized spacial score (nSPS) is 11.0. The summed E-state index contributed by atoms with van der Waals surface area (Å²) in [5.74, 6) is 2.25. The molecule has 0 saturated carbocycles. The van der Waals surface area contributed by atoms with E-state index in [0.29, 0.717) is 5.92 Å². The minimum Gasteiger partial charge on any atom is -0.302 e. The first kappa shape index (κ1) is 15.1. The Kier molecular flexibility index (Phi) is 5.26. The maximum Gasteiger partial charge on any atom is 0.191 e. The lowest BCUT2D eigenvalue weighted by Gasteiger charge is -2.12. The molecule has 3 nitrogen and oxygen atoms in total. The van der Waals surface area contributed by atoms with Crippen molar-refractivity contribution in [1.29, 1.82) is 0 Å². The quantitative estimate of drug-likeness (QED) is 0.580. The summed E-state index contributed by atoms with van der Waals surface area (Å²) >= 11 is 7.59. The summed E-state index contributed by atoms with van der Waals surface area (Å²) in [6.45, 7) is 9.02. The summed E-state index contributed by atoms with van der Waals surface area (Å²) in [4.78, 5) is 0.